The second kappa shape index (κ2) is 40.5. The molecule has 0 radical (unpaired) electrons. The van der Waals surface area contributed by atoms with Gasteiger partial charge in [-0.1, -0.05) is 61.8 Å². The normalized spacial score (nSPS) is 31.2. The van der Waals surface area contributed by atoms with Crippen molar-refractivity contribution >= 4 is 123 Å². The summed E-state index contributed by atoms with van der Waals surface area (Å²) in [6.45, 7) is 40.3. The summed E-state index contributed by atoms with van der Waals surface area (Å²) in [5.74, 6) is 4.10. The zero-order chi connectivity index (χ0) is 84.2. The molecule has 2 amide bonds. The Morgan fingerprint density at radius 2 is 0.866 bits per heavy atom. The van der Waals surface area contributed by atoms with Crippen molar-refractivity contribution in [2.45, 2.75) is 162 Å². The molecule has 2 aliphatic carbocycles. The number of alkyl halides is 1. The van der Waals surface area contributed by atoms with E-state index in [0.717, 1.165) is 68.5 Å². The molecule has 10 rings (SSSR count). The van der Waals surface area contributed by atoms with E-state index in [1.807, 2.05) is 24.1 Å². The van der Waals surface area contributed by atoms with E-state index in [-0.39, 0.29) is 71.3 Å². The Kier molecular flexibility index (Phi) is 34.4. The van der Waals surface area contributed by atoms with Crippen molar-refractivity contribution < 1.29 is 64.3 Å². The summed E-state index contributed by atoms with van der Waals surface area (Å²) in [6.07, 6.45) is 42.3. The Labute approximate surface area is 674 Å². The molecule has 15 N–H and O–H groups in total. The first-order valence-electron chi connectivity index (χ1n) is 37.3. The number of aliphatic hydroxyl groups is 7. The fraction of sp³-hybridized carbons (Fsp3) is 0.564. The van der Waals surface area contributed by atoms with Crippen LogP contribution in [0.5, 0.6) is 0 Å². The van der Waals surface area contributed by atoms with Crippen molar-refractivity contribution in [3.8, 4) is 0 Å². The molecule has 112 heavy (non-hydrogen) atoms. The lowest BCUT2D eigenvalue weighted by Gasteiger charge is -2.32. The molecule has 0 spiro atoms. The number of nitrogens with two attached hydrogens (primary N) is 3. The second-order valence-electron chi connectivity index (χ2n) is 33.2. The molecule has 8 aliphatic heterocycles. The molecule has 626 valence electrons. The van der Waals surface area contributed by atoms with Gasteiger partial charge in [0.15, 0.2) is 12.5 Å². The maximum atomic E-state index is 11.1. The molecule has 0 bridgehead atoms. The van der Waals surface area contributed by atoms with E-state index in [0.29, 0.717) is 64.7 Å². The number of ether oxygens (including phenoxy) is 4. The number of nitrogens with one attached hydrogen (secondary N) is 2. The van der Waals surface area contributed by atoms with Gasteiger partial charge in [-0.15, -0.1) is 65.9 Å². The lowest BCUT2D eigenvalue weighted by Crippen LogP contribution is -2.43. The monoisotopic (exact) mass is 1720 g/mol. The number of amides is 2. The highest BCUT2D eigenvalue weighted by Crippen LogP contribution is 2.46. The smallest absolute Gasteiger partial charge is 0.222 e. The lowest BCUT2D eigenvalue weighted by atomic mass is 10.00. The van der Waals surface area contributed by atoms with Crippen LogP contribution in [-0.4, -0.2) is 340 Å². The standard InChI is InChI=1S/C17H28N3O4P.C17H28N3O3P.C15H26N3O2P.C15H24N3O2P.C14H23BrN3O2P/c1-11-18-14(19-12(2)21)7-9-20(11)17-16(23-3)15(22)13(24-17)8-10-25(4,5)6;1-11-18-15(19-12(2)21)6-8-20(11)14-10-13(16(22)17(14)23)7-9-24(3,4)5;1-10-14(19)12(7-9-21(3,4)5)20-15(10)18-8-6-13(16)17-11(18)2;1-10-17-13(16)5-7-18(10)12-9-11(14(19)15(12)20)6-8-21(2,3)4;1-9-17-11(16)5-7-18(9)14-12(15)13(19)10(20-14)6-8-21(2,3)4/h7,9,13,15-17,22H,1,4,8,10H2,2-3,5-6H3,(H,18,19,21);6,8,13-14,16-17,22-23H,1,3,7,9-10H2,2,4-5H3,(H,18,19,21);6,8,10,12,14-15,19H,2-3,7,9H2,1,4-5H3,(H2,16,17);5,7,9,12,14-15,19-20H,1-2,6,8H2,3-4H3,(H2,16,17);5,7,10,12-14,19H,1-2,6,8H2,3-4H3,(H2,16,17)/t13-,15-,16-,17?;13-,14?,16+,17-;10-,12-,14+,15?;12?,14-,15+;10-,12-,13-,14?/m10111/s1. The van der Waals surface area contributed by atoms with Gasteiger partial charge in [-0.25, -0.2) is 25.0 Å². The number of aliphatic hydroxyl groups excluding tert-OH is 7. The number of halogens is 1. The van der Waals surface area contributed by atoms with E-state index < -0.39 is 89.5 Å². The molecule has 10 aliphatic rings. The molecule has 5 unspecified atom stereocenters. The molecule has 19 atom stereocenters. The molecule has 3 saturated heterocycles. The lowest BCUT2D eigenvalue weighted by molar-refractivity contribution is -0.118. The molecule has 28 nitrogen and oxygen atoms in total. The molecular weight excluding hydrogens is 1590 g/mol. The Hall–Kier alpha value is -5.63. The van der Waals surface area contributed by atoms with Gasteiger partial charge >= 0.3 is 0 Å². The average molecular weight is 1720 g/mol. The van der Waals surface area contributed by atoms with Gasteiger partial charge in [0.05, 0.1) is 53.5 Å². The quantitative estimate of drug-likeness (QED) is 0.0362. The van der Waals surface area contributed by atoms with Gasteiger partial charge in [-0.2, -0.15) is 0 Å². The molecular formula is C78H129BrN15O13P5. The fourth-order valence-electron chi connectivity index (χ4n) is 13.6. The molecule has 34 heteroatoms. The summed E-state index contributed by atoms with van der Waals surface area (Å²) in [7, 11) is 1.55. The SMILES string of the molecule is C=C1N=C(N)C=CN1C1C=C(CCP(=C)(C)C)[C@@H](O)[C@H]1O.C=C1N=C(N)C=CN1C1O[C@H](CCP(=C)(C)C)[C@@H](O)[C@H]1Br.C=C1N=C(N)C=CN1C1O[C@H](CCP(=C)(C)C)[C@@H](O)[C@H]1C.C=C1N=C(NC(C)=O)C=CN1C1C[C@H](CCP(=C)(C)C)[C@@H](O)[C@H]1O.C=C1N=C(NC(C)=O)C=CN1C1O[C@H](CCP(=C)(C)C)[C@@H](O)[C@H]1OC. The molecule has 4 fully saturated rings. The summed E-state index contributed by atoms with van der Waals surface area (Å²) in [5, 5.41) is 77.9. The van der Waals surface area contributed by atoms with E-state index in [4.69, 9.17) is 36.1 Å². The van der Waals surface area contributed by atoms with Gasteiger partial charge in [0.25, 0.3) is 0 Å². The third kappa shape index (κ3) is 28.1. The van der Waals surface area contributed by atoms with Gasteiger partial charge in [0, 0.05) is 57.9 Å². The fourth-order valence-corrected chi connectivity index (χ4v) is 19.0. The van der Waals surface area contributed by atoms with Gasteiger partial charge in [-0.05, 0) is 178 Å². The predicted molar refractivity (Wildman–Crippen MR) is 479 cm³/mol. The van der Waals surface area contributed by atoms with Gasteiger partial charge < -0.3 is 107 Å². The highest BCUT2D eigenvalue weighted by atomic mass is 79.9. The van der Waals surface area contributed by atoms with Crippen LogP contribution in [0.2, 0.25) is 0 Å². The third-order valence-electron chi connectivity index (χ3n) is 19.8. The van der Waals surface area contributed by atoms with Crippen LogP contribution in [0.25, 0.3) is 0 Å². The molecule has 8 heterocycles. The summed E-state index contributed by atoms with van der Waals surface area (Å²) in [5.41, 5.74) is 17.8. The van der Waals surface area contributed by atoms with Crippen LogP contribution >= 0.6 is 50.4 Å². The minimum atomic E-state index is -1.20. The van der Waals surface area contributed by atoms with Crippen LogP contribution in [0, 0.1) is 11.8 Å². The van der Waals surface area contributed by atoms with E-state index in [9.17, 15) is 45.3 Å². The maximum Gasteiger partial charge on any atom is 0.222 e. The zero-order valence-electron chi connectivity index (χ0n) is 68.1. The Balaban J connectivity index is 0.000000219. The van der Waals surface area contributed by atoms with Crippen LogP contribution < -0.4 is 27.8 Å². The van der Waals surface area contributed by atoms with Crippen molar-refractivity contribution in [2.75, 3.05) is 105 Å². The third-order valence-corrected chi connectivity index (χ3v) is 28.1. The van der Waals surface area contributed by atoms with Crippen LogP contribution in [-0.2, 0) is 28.5 Å². The number of carbonyl (C=O) groups excluding carboxylic acids is 2. The van der Waals surface area contributed by atoms with Crippen molar-refractivity contribution in [1.29, 1.82) is 0 Å². The zero-order valence-corrected chi connectivity index (χ0v) is 74.1. The number of nitrogens with zero attached hydrogens (tertiary/aromatic N) is 10. The van der Waals surface area contributed by atoms with E-state index in [1.54, 1.807) is 81.9 Å². The summed E-state index contributed by atoms with van der Waals surface area (Å²) in [6, 6.07) is -0.621. The number of carbonyl (C=O) groups is 2. The number of amidine groups is 5. The van der Waals surface area contributed by atoms with Gasteiger partial charge in [0.2, 0.25) is 11.8 Å². The first-order chi connectivity index (χ1) is 51.8. The van der Waals surface area contributed by atoms with E-state index >= 15 is 0 Å². The topological polar surface area (TPSA) is 393 Å². The van der Waals surface area contributed by atoms with Gasteiger partial charge in [0.1, 0.15) is 95.0 Å². The highest BCUT2D eigenvalue weighted by molar-refractivity contribution is 9.09. The maximum absolute atomic E-state index is 11.1. The van der Waals surface area contributed by atoms with Crippen molar-refractivity contribution in [1.82, 2.24) is 35.1 Å². The Morgan fingerprint density at radius 1 is 0.500 bits per heavy atom. The van der Waals surface area contributed by atoms with E-state index in [1.165, 1.54) is 13.8 Å². The number of methoxy groups -OCH3 is 1. The van der Waals surface area contributed by atoms with Gasteiger partial charge in [-0.3, -0.25) is 9.59 Å². The van der Waals surface area contributed by atoms with Crippen LogP contribution in [0.1, 0.15) is 59.3 Å². The molecule has 1 saturated carbocycles. The molecule has 0 aromatic carbocycles. The Bertz CT molecular complexity index is 3970. The van der Waals surface area contributed by atoms with Crippen molar-refractivity contribution in [2.24, 2.45) is 54.0 Å². The number of rotatable bonds is 21. The van der Waals surface area contributed by atoms with Crippen molar-refractivity contribution in [3.05, 3.63) is 135 Å². The largest absolute Gasteiger partial charge is 0.390 e. The number of aliphatic imine (C=N–C) groups is 5. The first kappa shape index (κ1) is 95.2. The van der Waals surface area contributed by atoms with Crippen molar-refractivity contribution in [3.63, 3.8) is 0 Å². The summed E-state index contributed by atoms with van der Waals surface area (Å²) < 4.78 is 23.6. The second-order valence-corrected chi connectivity index (χ2v) is 55.9. The minimum Gasteiger partial charge on any atom is -0.390 e. The van der Waals surface area contributed by atoms with E-state index in [2.05, 4.69) is 183 Å². The molecule has 0 aromatic rings. The number of hydrogen-bond donors (Lipinski definition) is 12. The average Bonchev–Trinajstić information content (AvgIpc) is 1.67. The number of hydrogen-bond acceptors (Lipinski definition) is 26. The van der Waals surface area contributed by atoms with Crippen LogP contribution in [0.3, 0.4) is 0 Å². The first-order valence-corrected chi connectivity index (χ1v) is 53.4. The summed E-state index contributed by atoms with van der Waals surface area (Å²) >= 11 is 3.53. The Morgan fingerprint density at radius 3 is 1.29 bits per heavy atom. The predicted octanol–water partition coefficient (Wildman–Crippen LogP) is 5.88. The molecule has 0 aromatic heterocycles. The van der Waals surface area contributed by atoms with Crippen LogP contribution in [0.15, 0.2) is 160 Å². The summed E-state index contributed by atoms with van der Waals surface area (Å²) in [4.78, 5) is 51.8. The van der Waals surface area contributed by atoms with Crippen LogP contribution in [0.4, 0.5) is 0 Å². The minimum absolute atomic E-state index is 0.0165. The highest BCUT2D eigenvalue weighted by Gasteiger charge is 2.50.